The number of non-ortho nitro benzene ring substituents is 1. The van der Waals surface area contributed by atoms with E-state index in [2.05, 4.69) is 39.9 Å². The zero-order valence-corrected chi connectivity index (χ0v) is 17.7. The lowest BCUT2D eigenvalue weighted by atomic mass is 9.79. The Morgan fingerprint density at radius 2 is 1.79 bits per heavy atom. The van der Waals surface area contributed by atoms with Crippen molar-refractivity contribution in [2.45, 2.75) is 77.4 Å². The van der Waals surface area contributed by atoms with Crippen molar-refractivity contribution in [2.75, 3.05) is 13.2 Å². The standard InChI is InChI=1S/C21H33N3O4/c1-6-7-12-23(17-13-20(2,3)22-21(4,5)14-17)19(25)15-28-18-10-8-16(9-11-18)24(26)27/h8-11,17,22H,6-7,12-15H2,1-5H3. The first-order valence-corrected chi connectivity index (χ1v) is 9.99. The first kappa shape index (κ1) is 22.1. The topological polar surface area (TPSA) is 84.7 Å². The number of nitrogens with zero attached hydrogens (tertiary/aromatic N) is 2. The second-order valence-corrected chi connectivity index (χ2v) is 8.94. The molecule has 7 heteroatoms. The summed E-state index contributed by atoms with van der Waals surface area (Å²) in [5.41, 5.74) is -0.0883. The van der Waals surface area contributed by atoms with E-state index in [0.717, 1.165) is 32.2 Å². The van der Waals surface area contributed by atoms with Gasteiger partial charge in [-0.2, -0.15) is 0 Å². The summed E-state index contributed by atoms with van der Waals surface area (Å²) in [6, 6.07) is 5.97. The van der Waals surface area contributed by atoms with Crippen LogP contribution < -0.4 is 10.1 Å². The highest BCUT2D eigenvalue weighted by Crippen LogP contribution is 2.32. The first-order chi connectivity index (χ1) is 13.0. The molecule has 28 heavy (non-hydrogen) atoms. The van der Waals surface area contributed by atoms with Crippen molar-refractivity contribution < 1.29 is 14.5 Å². The molecule has 1 fully saturated rings. The van der Waals surface area contributed by atoms with E-state index in [0.29, 0.717) is 5.75 Å². The van der Waals surface area contributed by atoms with Crippen LogP contribution in [0.5, 0.6) is 5.75 Å². The number of nitro groups is 1. The van der Waals surface area contributed by atoms with Crippen LogP contribution in [0.2, 0.25) is 0 Å². The number of nitrogens with one attached hydrogen (secondary N) is 1. The summed E-state index contributed by atoms with van der Waals surface area (Å²) in [6.07, 6.45) is 3.76. The van der Waals surface area contributed by atoms with E-state index in [9.17, 15) is 14.9 Å². The summed E-state index contributed by atoms with van der Waals surface area (Å²) < 4.78 is 5.63. The fourth-order valence-electron chi connectivity index (χ4n) is 4.22. The summed E-state index contributed by atoms with van der Waals surface area (Å²) in [4.78, 5) is 25.3. The molecule has 1 saturated heterocycles. The van der Waals surface area contributed by atoms with Crippen LogP contribution in [0.4, 0.5) is 5.69 Å². The Morgan fingerprint density at radius 3 is 2.29 bits per heavy atom. The molecule has 0 bridgehead atoms. The first-order valence-electron chi connectivity index (χ1n) is 9.99. The van der Waals surface area contributed by atoms with Gasteiger partial charge >= 0.3 is 0 Å². The summed E-state index contributed by atoms with van der Waals surface area (Å²) in [5.74, 6) is 0.422. The number of carbonyl (C=O) groups excluding carboxylic acids is 1. The maximum absolute atomic E-state index is 13.0. The Balaban J connectivity index is 2.06. The van der Waals surface area contributed by atoms with E-state index >= 15 is 0 Å². The van der Waals surface area contributed by atoms with Crippen molar-refractivity contribution in [3.63, 3.8) is 0 Å². The second-order valence-electron chi connectivity index (χ2n) is 8.94. The van der Waals surface area contributed by atoms with Gasteiger partial charge in [0.15, 0.2) is 6.61 Å². The number of rotatable bonds is 8. The van der Waals surface area contributed by atoms with Crippen LogP contribution >= 0.6 is 0 Å². The van der Waals surface area contributed by atoms with Crippen LogP contribution in [0.1, 0.15) is 60.3 Å². The smallest absolute Gasteiger partial charge is 0.269 e. The molecule has 0 unspecified atom stereocenters. The van der Waals surface area contributed by atoms with Gasteiger partial charge in [-0.05, 0) is 59.1 Å². The van der Waals surface area contributed by atoms with Gasteiger partial charge in [-0.1, -0.05) is 13.3 Å². The average Bonchev–Trinajstić information content (AvgIpc) is 2.58. The van der Waals surface area contributed by atoms with E-state index in [-0.39, 0.29) is 35.3 Å². The molecule has 2 rings (SSSR count). The molecule has 1 aromatic rings. The van der Waals surface area contributed by atoms with Crippen LogP contribution in [0.15, 0.2) is 24.3 Å². The molecule has 1 heterocycles. The lowest BCUT2D eigenvalue weighted by Crippen LogP contribution is -2.63. The van der Waals surface area contributed by atoms with Crippen molar-refractivity contribution in [3.8, 4) is 5.75 Å². The van der Waals surface area contributed by atoms with E-state index in [1.54, 1.807) is 0 Å². The van der Waals surface area contributed by atoms with Crippen molar-refractivity contribution in [1.82, 2.24) is 10.2 Å². The predicted octanol–water partition coefficient (Wildman–Crippen LogP) is 3.91. The monoisotopic (exact) mass is 391 g/mol. The zero-order valence-electron chi connectivity index (χ0n) is 17.7. The third-order valence-corrected chi connectivity index (χ3v) is 5.09. The third kappa shape index (κ3) is 6.19. The number of amides is 1. The van der Waals surface area contributed by atoms with Gasteiger partial charge < -0.3 is 15.0 Å². The Bertz CT molecular complexity index is 669. The van der Waals surface area contributed by atoms with Crippen LogP contribution in [-0.4, -0.2) is 46.0 Å². The molecule has 0 saturated carbocycles. The molecule has 1 amide bonds. The fourth-order valence-corrected chi connectivity index (χ4v) is 4.22. The molecule has 1 aromatic carbocycles. The number of carbonyl (C=O) groups is 1. The Morgan fingerprint density at radius 1 is 1.21 bits per heavy atom. The van der Waals surface area contributed by atoms with Gasteiger partial charge in [-0.25, -0.2) is 0 Å². The molecule has 1 aliphatic heterocycles. The van der Waals surface area contributed by atoms with Crippen LogP contribution in [0, 0.1) is 10.1 Å². The summed E-state index contributed by atoms with van der Waals surface area (Å²) in [5, 5.41) is 14.4. The minimum Gasteiger partial charge on any atom is -0.484 e. The van der Waals surface area contributed by atoms with Gasteiger partial charge in [0.05, 0.1) is 4.92 Å². The number of benzene rings is 1. The van der Waals surface area contributed by atoms with E-state index < -0.39 is 4.92 Å². The molecule has 0 aliphatic carbocycles. The Hall–Kier alpha value is -2.15. The molecule has 0 aromatic heterocycles. The number of ether oxygens (including phenoxy) is 1. The number of hydrogen-bond donors (Lipinski definition) is 1. The molecule has 1 aliphatic rings. The van der Waals surface area contributed by atoms with Gasteiger partial charge in [-0.15, -0.1) is 0 Å². The number of piperidine rings is 1. The van der Waals surface area contributed by atoms with Gasteiger partial charge in [0.2, 0.25) is 0 Å². The minimum absolute atomic E-state index is 0.00224. The maximum Gasteiger partial charge on any atom is 0.269 e. The third-order valence-electron chi connectivity index (χ3n) is 5.09. The van der Waals surface area contributed by atoms with Crippen molar-refractivity contribution in [1.29, 1.82) is 0 Å². The maximum atomic E-state index is 13.0. The zero-order chi connectivity index (χ0) is 20.9. The molecule has 156 valence electrons. The number of unbranched alkanes of at least 4 members (excludes halogenated alkanes) is 1. The van der Waals surface area contributed by atoms with Crippen LogP contribution in [-0.2, 0) is 4.79 Å². The largest absolute Gasteiger partial charge is 0.484 e. The normalized spacial score (nSPS) is 18.5. The van der Waals surface area contributed by atoms with Crippen LogP contribution in [0.25, 0.3) is 0 Å². The highest BCUT2D eigenvalue weighted by molar-refractivity contribution is 5.78. The number of nitro benzene ring substituents is 1. The van der Waals surface area contributed by atoms with E-state index in [1.165, 1.54) is 24.3 Å². The molecule has 7 nitrogen and oxygen atoms in total. The van der Waals surface area contributed by atoms with Crippen molar-refractivity contribution in [2.24, 2.45) is 0 Å². The average molecular weight is 392 g/mol. The molecule has 0 atom stereocenters. The Labute approximate surface area is 167 Å². The summed E-state index contributed by atoms with van der Waals surface area (Å²) >= 11 is 0. The molecule has 0 spiro atoms. The molecular formula is C21H33N3O4. The van der Waals surface area contributed by atoms with E-state index in [1.807, 2.05) is 4.90 Å². The van der Waals surface area contributed by atoms with Gasteiger partial charge in [0, 0.05) is 35.8 Å². The van der Waals surface area contributed by atoms with Crippen molar-refractivity contribution >= 4 is 11.6 Å². The molecule has 1 N–H and O–H groups in total. The Kier molecular flexibility index (Phi) is 7.04. The lowest BCUT2D eigenvalue weighted by molar-refractivity contribution is -0.384. The second kappa shape index (κ2) is 8.90. The SMILES string of the molecule is CCCCN(C(=O)COc1ccc([N+](=O)[O-])cc1)C1CC(C)(C)NC(C)(C)C1. The van der Waals surface area contributed by atoms with Crippen LogP contribution in [0.3, 0.4) is 0 Å². The van der Waals surface area contributed by atoms with Gasteiger partial charge in [-0.3, -0.25) is 14.9 Å². The summed E-state index contributed by atoms with van der Waals surface area (Å²) in [7, 11) is 0. The molecule has 0 radical (unpaired) electrons. The van der Waals surface area contributed by atoms with Gasteiger partial charge in [0.25, 0.3) is 11.6 Å². The highest BCUT2D eigenvalue weighted by Gasteiger charge is 2.41. The molecular weight excluding hydrogens is 358 g/mol. The lowest BCUT2D eigenvalue weighted by Gasteiger charge is -2.49. The van der Waals surface area contributed by atoms with E-state index in [4.69, 9.17) is 4.74 Å². The highest BCUT2D eigenvalue weighted by atomic mass is 16.6. The summed E-state index contributed by atoms with van der Waals surface area (Å²) in [6.45, 7) is 11.5. The minimum atomic E-state index is -0.456. The predicted molar refractivity (Wildman–Crippen MR) is 110 cm³/mol. The quantitative estimate of drug-likeness (QED) is 0.536. The van der Waals surface area contributed by atoms with Crippen molar-refractivity contribution in [3.05, 3.63) is 34.4 Å². The fraction of sp³-hybridized carbons (Fsp3) is 0.667. The van der Waals surface area contributed by atoms with Gasteiger partial charge in [0.1, 0.15) is 5.75 Å². The number of hydrogen-bond acceptors (Lipinski definition) is 5.